The molecule has 6 heteroatoms. The van der Waals surface area contributed by atoms with Crippen molar-refractivity contribution < 1.29 is 18.3 Å². The zero-order chi connectivity index (χ0) is 13.6. The van der Waals surface area contributed by atoms with Crippen LogP contribution in [0.5, 0.6) is 0 Å². The number of carboxylic acids is 1. The molecule has 0 bridgehead atoms. The minimum Gasteiger partial charge on any atom is -0.481 e. The lowest BCUT2D eigenvalue weighted by atomic mass is 10.0. The van der Waals surface area contributed by atoms with Crippen LogP contribution in [0.3, 0.4) is 0 Å². The second kappa shape index (κ2) is 6.51. The number of nitrogens with one attached hydrogen (secondary N) is 1. The van der Waals surface area contributed by atoms with Gasteiger partial charge in [-0.15, -0.1) is 0 Å². The summed E-state index contributed by atoms with van der Waals surface area (Å²) in [6, 6.07) is 8.99. The van der Waals surface area contributed by atoms with Crippen LogP contribution >= 0.6 is 0 Å². The van der Waals surface area contributed by atoms with Gasteiger partial charge in [0.05, 0.1) is 6.26 Å². The molecule has 1 aromatic rings. The number of benzene rings is 1. The molecule has 100 valence electrons. The maximum atomic E-state index is 11.2. The van der Waals surface area contributed by atoms with Gasteiger partial charge in [0.1, 0.15) is 0 Å². The van der Waals surface area contributed by atoms with Gasteiger partial charge in [-0.25, -0.2) is 13.1 Å². The molecule has 0 fully saturated rings. The summed E-state index contributed by atoms with van der Waals surface area (Å²) >= 11 is 0. The summed E-state index contributed by atoms with van der Waals surface area (Å²) in [5, 5.41) is 8.65. The Bertz CT molecular complexity index is 484. The van der Waals surface area contributed by atoms with E-state index >= 15 is 0 Å². The molecular formula is C12H17NO4S. The summed E-state index contributed by atoms with van der Waals surface area (Å²) in [5.41, 5.74) is 0.976. The molecule has 1 aromatic carbocycles. The summed E-state index contributed by atoms with van der Waals surface area (Å²) in [4.78, 5) is 10.5. The van der Waals surface area contributed by atoms with Crippen LogP contribution in [0.15, 0.2) is 30.3 Å². The van der Waals surface area contributed by atoms with E-state index in [1.54, 1.807) is 0 Å². The Morgan fingerprint density at radius 2 is 1.94 bits per heavy atom. The fraction of sp³-hybridized carbons (Fsp3) is 0.417. The highest BCUT2D eigenvalue weighted by Crippen LogP contribution is 2.08. The number of aliphatic carboxylic acids is 1. The van der Waals surface area contributed by atoms with E-state index in [1.165, 1.54) is 0 Å². The quantitative estimate of drug-likeness (QED) is 0.775. The van der Waals surface area contributed by atoms with Crippen LogP contribution in [0.25, 0.3) is 0 Å². The standard InChI is InChI=1S/C12H17NO4S/c1-18(16,17)13-11(7-8-12(14)15)9-10-5-3-2-4-6-10/h2-6,11,13H,7-9H2,1H3,(H,14,15). The molecule has 0 aliphatic rings. The molecule has 2 N–H and O–H groups in total. The van der Waals surface area contributed by atoms with Gasteiger partial charge in [-0.1, -0.05) is 30.3 Å². The smallest absolute Gasteiger partial charge is 0.303 e. The van der Waals surface area contributed by atoms with Gasteiger partial charge in [-0.05, 0) is 18.4 Å². The van der Waals surface area contributed by atoms with E-state index in [0.717, 1.165) is 11.8 Å². The molecule has 0 heterocycles. The minimum absolute atomic E-state index is 0.0555. The van der Waals surface area contributed by atoms with Crippen LogP contribution in [-0.4, -0.2) is 31.8 Å². The number of hydrogen-bond donors (Lipinski definition) is 2. The van der Waals surface area contributed by atoms with E-state index in [9.17, 15) is 13.2 Å². The van der Waals surface area contributed by atoms with Gasteiger partial charge in [0.25, 0.3) is 0 Å². The highest BCUT2D eigenvalue weighted by atomic mass is 32.2. The van der Waals surface area contributed by atoms with Gasteiger partial charge in [0, 0.05) is 12.5 Å². The first-order valence-corrected chi connectivity index (χ1v) is 7.49. The highest BCUT2D eigenvalue weighted by Gasteiger charge is 2.15. The summed E-state index contributed by atoms with van der Waals surface area (Å²) in [6.45, 7) is 0. The van der Waals surface area contributed by atoms with Crippen molar-refractivity contribution in [1.82, 2.24) is 4.72 Å². The Labute approximate surface area is 107 Å². The largest absolute Gasteiger partial charge is 0.481 e. The lowest BCUT2D eigenvalue weighted by Gasteiger charge is -2.16. The van der Waals surface area contributed by atoms with E-state index in [1.807, 2.05) is 30.3 Å². The van der Waals surface area contributed by atoms with Gasteiger partial charge in [-0.3, -0.25) is 4.79 Å². The molecule has 1 atom stereocenters. The zero-order valence-corrected chi connectivity index (χ0v) is 11.0. The van der Waals surface area contributed by atoms with Crippen molar-refractivity contribution in [3.05, 3.63) is 35.9 Å². The monoisotopic (exact) mass is 271 g/mol. The van der Waals surface area contributed by atoms with Crippen LogP contribution in [0.2, 0.25) is 0 Å². The third-order valence-electron chi connectivity index (χ3n) is 2.41. The van der Waals surface area contributed by atoms with Crippen LogP contribution < -0.4 is 4.72 Å². The van der Waals surface area contributed by atoms with Crippen LogP contribution in [0.4, 0.5) is 0 Å². The molecule has 5 nitrogen and oxygen atoms in total. The molecule has 0 aliphatic carbocycles. The molecular weight excluding hydrogens is 254 g/mol. The van der Waals surface area contributed by atoms with Gasteiger partial charge < -0.3 is 5.11 Å². The third kappa shape index (κ3) is 6.36. The zero-order valence-electron chi connectivity index (χ0n) is 10.2. The molecule has 0 aromatic heterocycles. The maximum Gasteiger partial charge on any atom is 0.303 e. The predicted octanol–water partition coefficient (Wildman–Crippen LogP) is 1.01. The Balaban J connectivity index is 2.68. The molecule has 1 rings (SSSR count). The maximum absolute atomic E-state index is 11.2. The lowest BCUT2D eigenvalue weighted by Crippen LogP contribution is -2.36. The van der Waals surface area contributed by atoms with Crippen molar-refractivity contribution >= 4 is 16.0 Å². The van der Waals surface area contributed by atoms with Crippen molar-refractivity contribution in [2.24, 2.45) is 0 Å². The van der Waals surface area contributed by atoms with Gasteiger partial charge in [0.15, 0.2) is 0 Å². The number of carboxylic acid groups (broad SMARTS) is 1. The van der Waals surface area contributed by atoms with Crippen LogP contribution in [0.1, 0.15) is 18.4 Å². The van der Waals surface area contributed by atoms with Crippen molar-refractivity contribution in [2.45, 2.75) is 25.3 Å². The van der Waals surface area contributed by atoms with Crippen molar-refractivity contribution in [2.75, 3.05) is 6.26 Å². The molecule has 0 spiro atoms. The molecule has 18 heavy (non-hydrogen) atoms. The van der Waals surface area contributed by atoms with Crippen molar-refractivity contribution in [3.63, 3.8) is 0 Å². The number of carbonyl (C=O) groups is 1. The second-order valence-electron chi connectivity index (χ2n) is 4.21. The average Bonchev–Trinajstić information content (AvgIpc) is 2.25. The summed E-state index contributed by atoms with van der Waals surface area (Å²) in [5.74, 6) is -0.927. The fourth-order valence-corrected chi connectivity index (χ4v) is 2.51. The predicted molar refractivity (Wildman–Crippen MR) is 68.8 cm³/mol. The first-order valence-electron chi connectivity index (χ1n) is 5.60. The van der Waals surface area contributed by atoms with Gasteiger partial charge >= 0.3 is 5.97 Å². The summed E-state index contributed by atoms with van der Waals surface area (Å²) in [7, 11) is -3.33. The van der Waals surface area contributed by atoms with Crippen molar-refractivity contribution in [3.8, 4) is 0 Å². The average molecular weight is 271 g/mol. The lowest BCUT2D eigenvalue weighted by molar-refractivity contribution is -0.137. The first-order chi connectivity index (χ1) is 8.37. The summed E-state index contributed by atoms with van der Waals surface area (Å²) in [6.07, 6.45) is 1.78. The Morgan fingerprint density at radius 3 is 2.44 bits per heavy atom. The van der Waals surface area contributed by atoms with Gasteiger partial charge in [0.2, 0.25) is 10.0 Å². The fourth-order valence-electron chi connectivity index (χ4n) is 1.70. The third-order valence-corrected chi connectivity index (χ3v) is 3.17. The minimum atomic E-state index is -3.33. The highest BCUT2D eigenvalue weighted by molar-refractivity contribution is 7.88. The summed E-state index contributed by atoms with van der Waals surface area (Å²) < 4.78 is 24.9. The topological polar surface area (TPSA) is 83.5 Å². The molecule has 0 radical (unpaired) electrons. The number of rotatable bonds is 7. The second-order valence-corrected chi connectivity index (χ2v) is 5.99. The van der Waals surface area contributed by atoms with Crippen molar-refractivity contribution in [1.29, 1.82) is 0 Å². The number of hydrogen-bond acceptors (Lipinski definition) is 3. The molecule has 0 saturated carbocycles. The van der Waals surface area contributed by atoms with Crippen LogP contribution in [0, 0.1) is 0 Å². The van der Waals surface area contributed by atoms with Crippen LogP contribution in [-0.2, 0) is 21.2 Å². The Kier molecular flexibility index (Phi) is 5.30. The van der Waals surface area contributed by atoms with E-state index < -0.39 is 22.0 Å². The number of sulfonamides is 1. The van der Waals surface area contributed by atoms with E-state index in [0.29, 0.717) is 6.42 Å². The van der Waals surface area contributed by atoms with E-state index in [-0.39, 0.29) is 12.8 Å². The first kappa shape index (κ1) is 14.7. The molecule has 0 aliphatic heterocycles. The SMILES string of the molecule is CS(=O)(=O)NC(CCC(=O)O)Cc1ccccc1. The Morgan fingerprint density at radius 1 is 1.33 bits per heavy atom. The van der Waals surface area contributed by atoms with E-state index in [2.05, 4.69) is 4.72 Å². The Hall–Kier alpha value is -1.40. The van der Waals surface area contributed by atoms with Gasteiger partial charge in [-0.2, -0.15) is 0 Å². The molecule has 0 saturated heterocycles. The normalized spacial score (nSPS) is 13.2. The molecule has 0 amide bonds. The van der Waals surface area contributed by atoms with E-state index in [4.69, 9.17) is 5.11 Å². The molecule has 1 unspecified atom stereocenters.